The fourth-order valence-electron chi connectivity index (χ4n) is 3.78. The van der Waals surface area contributed by atoms with Gasteiger partial charge < -0.3 is 14.8 Å². The summed E-state index contributed by atoms with van der Waals surface area (Å²) in [6.45, 7) is 14.8. The van der Waals surface area contributed by atoms with Crippen LogP contribution >= 0.6 is 7.82 Å². The minimum atomic E-state index is -3.68. The highest BCUT2D eigenvalue weighted by Crippen LogP contribution is 2.56. The Morgan fingerprint density at radius 1 is 0.829 bits per heavy atom. The molecule has 1 N–H and O–H groups in total. The zero-order valence-electron chi connectivity index (χ0n) is 23.4. The Morgan fingerprint density at radius 3 is 1.86 bits per heavy atom. The maximum absolute atomic E-state index is 12.8. The third kappa shape index (κ3) is 15.9. The average Bonchev–Trinajstić information content (AvgIpc) is 2.71. The fraction of sp³-hybridized carbons (Fsp3) is 0.962. The van der Waals surface area contributed by atoms with Crippen LogP contribution in [0.3, 0.4) is 0 Å². The second-order valence-corrected chi connectivity index (χ2v) is 13.2. The molecule has 0 radical (unpaired) electrons. The number of amides is 1. The molecule has 0 aromatic rings. The molecule has 0 aromatic heterocycles. The highest BCUT2D eigenvalue weighted by Gasteiger charge is 2.46. The number of hydrogen-bond donors (Lipinski definition) is 1. The molecule has 208 valence electrons. The molecule has 0 unspecified atom stereocenters. The van der Waals surface area contributed by atoms with Gasteiger partial charge in [0.2, 0.25) is 0 Å². The van der Waals surface area contributed by atoms with Gasteiger partial charge in [-0.05, 0) is 60.8 Å². The van der Waals surface area contributed by atoms with E-state index >= 15 is 0 Å². The van der Waals surface area contributed by atoms with Gasteiger partial charge in [-0.25, -0.2) is 9.36 Å². The van der Waals surface area contributed by atoms with Crippen molar-refractivity contribution in [3.8, 4) is 0 Å². The third-order valence-corrected chi connectivity index (χ3v) is 7.15. The Morgan fingerprint density at radius 2 is 1.34 bits per heavy atom. The van der Waals surface area contributed by atoms with Crippen molar-refractivity contribution < 1.29 is 32.4 Å². The van der Waals surface area contributed by atoms with Crippen molar-refractivity contribution in [3.05, 3.63) is 0 Å². The highest BCUT2D eigenvalue weighted by molar-refractivity contribution is 7.48. The van der Waals surface area contributed by atoms with Gasteiger partial charge in [-0.15, -0.1) is 0 Å². The molecule has 0 saturated carbocycles. The fourth-order valence-corrected chi connectivity index (χ4v) is 5.44. The van der Waals surface area contributed by atoms with Gasteiger partial charge >= 0.3 is 13.9 Å². The smallest absolute Gasteiger partial charge is 0.444 e. The molecule has 1 aliphatic rings. The van der Waals surface area contributed by atoms with Crippen LogP contribution in [0.2, 0.25) is 0 Å². The number of phosphoric ester groups is 1. The van der Waals surface area contributed by atoms with E-state index in [1.807, 2.05) is 20.8 Å². The maximum Gasteiger partial charge on any atom is 0.475 e. The molecule has 0 spiro atoms. The second-order valence-electron chi connectivity index (χ2n) is 11.6. The first-order chi connectivity index (χ1) is 16.3. The molecule has 0 atom stereocenters. The van der Waals surface area contributed by atoms with Gasteiger partial charge in [-0.2, -0.15) is 0 Å². The van der Waals surface area contributed by atoms with Gasteiger partial charge in [0.15, 0.2) is 0 Å². The number of carbonyl (C=O) groups is 1. The van der Waals surface area contributed by atoms with E-state index < -0.39 is 30.7 Å². The van der Waals surface area contributed by atoms with E-state index in [0.29, 0.717) is 6.42 Å². The molecule has 9 heteroatoms. The van der Waals surface area contributed by atoms with E-state index in [4.69, 9.17) is 23.0 Å². The Kier molecular flexibility index (Phi) is 14.4. The van der Waals surface area contributed by atoms with E-state index in [2.05, 4.69) is 12.2 Å². The summed E-state index contributed by atoms with van der Waals surface area (Å²) in [6, 6.07) is 0. The monoisotopic (exact) mass is 521 g/mol. The van der Waals surface area contributed by atoms with Gasteiger partial charge in [-0.3, -0.25) is 13.6 Å². The zero-order valence-corrected chi connectivity index (χ0v) is 24.3. The van der Waals surface area contributed by atoms with Crippen molar-refractivity contribution in [2.75, 3.05) is 26.4 Å². The highest BCUT2D eigenvalue weighted by atomic mass is 31.2. The second kappa shape index (κ2) is 15.6. The number of alkyl carbamates (subject to hydrolysis) is 1. The van der Waals surface area contributed by atoms with Gasteiger partial charge in [-0.1, -0.05) is 58.3 Å². The van der Waals surface area contributed by atoms with Gasteiger partial charge in [0.05, 0.1) is 24.4 Å². The number of rotatable bonds is 16. The van der Waals surface area contributed by atoms with Gasteiger partial charge in [0.25, 0.3) is 0 Å². The predicted octanol–water partition coefficient (Wildman–Crippen LogP) is 7.55. The molecule has 1 rings (SSSR count). The minimum absolute atomic E-state index is 0.0426. The molecule has 0 aromatic carbocycles. The van der Waals surface area contributed by atoms with Crippen molar-refractivity contribution in [2.45, 2.75) is 136 Å². The van der Waals surface area contributed by atoms with Gasteiger partial charge in [0.1, 0.15) is 5.60 Å². The summed E-state index contributed by atoms with van der Waals surface area (Å²) in [5.74, 6) is 0. The van der Waals surface area contributed by atoms with E-state index in [1.165, 1.54) is 32.1 Å². The summed E-state index contributed by atoms with van der Waals surface area (Å²) in [6.07, 6.45) is 11.7. The molecule has 8 nitrogen and oxygen atoms in total. The van der Waals surface area contributed by atoms with Gasteiger partial charge in [0, 0.05) is 13.2 Å². The molecular weight excluding hydrogens is 469 g/mol. The summed E-state index contributed by atoms with van der Waals surface area (Å²) >= 11 is 0. The summed E-state index contributed by atoms with van der Waals surface area (Å²) < 4.78 is 40.7. The lowest BCUT2D eigenvalue weighted by Gasteiger charge is -2.41. The zero-order chi connectivity index (χ0) is 26.4. The molecule has 1 fully saturated rings. The Labute approximate surface area is 214 Å². The Hall–Kier alpha value is -0.660. The molecule has 0 bridgehead atoms. The molecule has 1 aliphatic heterocycles. The van der Waals surface area contributed by atoms with Crippen LogP contribution in [0.15, 0.2) is 0 Å². The largest absolute Gasteiger partial charge is 0.475 e. The lowest BCUT2D eigenvalue weighted by Crippen LogP contribution is -2.57. The van der Waals surface area contributed by atoms with Crippen LogP contribution in [0, 0.1) is 0 Å². The van der Waals surface area contributed by atoms with Crippen molar-refractivity contribution in [1.82, 2.24) is 5.32 Å². The molecule has 1 saturated heterocycles. The molecule has 1 amide bonds. The molecular formula is C26H52NO7P. The lowest BCUT2D eigenvalue weighted by atomic mass is 9.93. The van der Waals surface area contributed by atoms with Crippen LogP contribution in [0.25, 0.3) is 0 Å². The number of nitrogens with one attached hydrogen (secondary N) is 1. The number of unbranched alkanes of at least 4 members (excludes halogenated alkanes) is 8. The summed E-state index contributed by atoms with van der Waals surface area (Å²) in [4.78, 5) is 12.5. The number of phosphoric acid groups is 1. The van der Waals surface area contributed by atoms with Crippen molar-refractivity contribution in [3.63, 3.8) is 0 Å². The lowest BCUT2D eigenvalue weighted by molar-refractivity contribution is -0.0283. The third-order valence-electron chi connectivity index (χ3n) is 5.49. The van der Waals surface area contributed by atoms with Crippen molar-refractivity contribution in [1.29, 1.82) is 0 Å². The van der Waals surface area contributed by atoms with Crippen LogP contribution in [0.5, 0.6) is 0 Å². The summed E-state index contributed by atoms with van der Waals surface area (Å²) in [5.41, 5.74) is -2.11. The molecule has 35 heavy (non-hydrogen) atoms. The topological polar surface area (TPSA) is 92.3 Å². The van der Waals surface area contributed by atoms with Crippen molar-refractivity contribution in [2.24, 2.45) is 0 Å². The average molecular weight is 522 g/mol. The predicted molar refractivity (Wildman–Crippen MR) is 140 cm³/mol. The van der Waals surface area contributed by atoms with E-state index in [0.717, 1.165) is 45.3 Å². The number of hydrogen-bond acceptors (Lipinski definition) is 7. The van der Waals surface area contributed by atoms with Crippen molar-refractivity contribution >= 4 is 13.9 Å². The standard InChI is InChI=1S/C26H52NO7P/c1-8-9-10-11-13-16-19-30-20-17-14-12-15-18-26(27-23(28)33-24(2,3)4)21-31-35(29,32-22-26)34-25(5,6)7/h8-22H2,1-7H3,(H,27,28). The summed E-state index contributed by atoms with van der Waals surface area (Å²) in [5, 5.41) is 2.92. The number of ether oxygens (including phenoxy) is 2. The quantitative estimate of drug-likeness (QED) is 0.166. The van der Waals surface area contributed by atoms with E-state index in [1.54, 1.807) is 20.8 Å². The minimum Gasteiger partial charge on any atom is -0.444 e. The van der Waals surface area contributed by atoms with Crippen LogP contribution < -0.4 is 5.32 Å². The van der Waals surface area contributed by atoms with Crippen LogP contribution in [-0.4, -0.2) is 49.3 Å². The van der Waals surface area contributed by atoms with Crippen LogP contribution in [0.1, 0.15) is 119 Å². The maximum atomic E-state index is 12.8. The first-order valence-corrected chi connectivity index (χ1v) is 14.9. The SMILES string of the molecule is CCCCCCCCOCCCCCCC1(NC(=O)OC(C)(C)C)COP(=O)(OC(C)(C)C)OC1. The Balaban J connectivity index is 2.41. The first-order valence-electron chi connectivity index (χ1n) is 13.5. The van der Waals surface area contributed by atoms with Crippen LogP contribution in [-0.2, 0) is 27.6 Å². The number of carbonyl (C=O) groups excluding carboxylic acids is 1. The Bertz CT molecular complexity index is 631. The normalized spacial score (nSPS) is 23.3. The molecule has 0 aliphatic carbocycles. The first kappa shape index (κ1) is 32.4. The van der Waals surface area contributed by atoms with E-state index in [9.17, 15) is 9.36 Å². The summed E-state index contributed by atoms with van der Waals surface area (Å²) in [7, 11) is -3.68. The molecule has 1 heterocycles. The van der Waals surface area contributed by atoms with E-state index in [-0.39, 0.29) is 13.2 Å². The van der Waals surface area contributed by atoms with Crippen LogP contribution in [0.4, 0.5) is 4.79 Å².